The number of nitrogens with zero attached hydrogens (tertiary/aromatic N) is 5. The summed E-state index contributed by atoms with van der Waals surface area (Å²) in [5.41, 5.74) is 1.71. The Labute approximate surface area is 195 Å². The molecule has 0 radical (unpaired) electrons. The molecule has 0 saturated carbocycles. The van der Waals surface area contributed by atoms with Crippen molar-refractivity contribution in [3.8, 4) is 5.75 Å². The van der Waals surface area contributed by atoms with Crippen molar-refractivity contribution in [2.75, 3.05) is 25.2 Å². The van der Waals surface area contributed by atoms with Crippen LogP contribution in [0.4, 0.5) is 5.13 Å². The normalized spacial score (nSPS) is 11.8. The number of thioether (sulfide) groups is 1. The quantitative estimate of drug-likeness (QED) is 0.499. The van der Waals surface area contributed by atoms with Crippen LogP contribution in [0.25, 0.3) is 0 Å². The number of rotatable bonds is 8. The molecule has 0 fully saturated rings. The fourth-order valence-corrected chi connectivity index (χ4v) is 4.61. The number of benzene rings is 1. The van der Waals surface area contributed by atoms with Crippen molar-refractivity contribution < 1.29 is 14.3 Å². The van der Waals surface area contributed by atoms with Crippen LogP contribution in [0.5, 0.6) is 5.75 Å². The van der Waals surface area contributed by atoms with Crippen LogP contribution in [0.3, 0.4) is 0 Å². The molecule has 0 aliphatic heterocycles. The van der Waals surface area contributed by atoms with Crippen LogP contribution in [0.15, 0.2) is 29.4 Å². The van der Waals surface area contributed by atoms with Gasteiger partial charge in [-0.15, -0.1) is 10.2 Å². The molecule has 0 spiro atoms. The van der Waals surface area contributed by atoms with Gasteiger partial charge in [0.05, 0.1) is 11.4 Å². The van der Waals surface area contributed by atoms with Gasteiger partial charge in [-0.2, -0.15) is 0 Å². The number of amides is 2. The molecule has 11 heteroatoms. The molecule has 1 aromatic carbocycles. The van der Waals surface area contributed by atoms with Crippen LogP contribution >= 0.6 is 23.1 Å². The predicted molar refractivity (Wildman–Crippen MR) is 125 cm³/mol. The summed E-state index contributed by atoms with van der Waals surface area (Å²) in [4.78, 5) is 30.8. The van der Waals surface area contributed by atoms with Gasteiger partial charge >= 0.3 is 0 Å². The molecule has 170 valence electrons. The first-order valence-electron chi connectivity index (χ1n) is 9.90. The SMILES string of the molecule is Cc1cccc(OC(C)c2nnc(SCC(=O)Nc3nc(C)c(C(=O)N(C)C)s3)n2C)c1. The summed E-state index contributed by atoms with van der Waals surface area (Å²) in [6.07, 6.45) is -0.302. The van der Waals surface area contributed by atoms with Gasteiger partial charge in [-0.25, -0.2) is 4.98 Å². The molecule has 9 nitrogen and oxygen atoms in total. The third-order valence-corrected chi connectivity index (χ3v) is 6.59. The minimum Gasteiger partial charge on any atom is -0.483 e. The number of anilines is 1. The van der Waals surface area contributed by atoms with Crippen LogP contribution in [0, 0.1) is 13.8 Å². The number of aromatic nitrogens is 4. The van der Waals surface area contributed by atoms with E-state index >= 15 is 0 Å². The summed E-state index contributed by atoms with van der Waals surface area (Å²) in [7, 11) is 5.20. The van der Waals surface area contributed by atoms with E-state index in [-0.39, 0.29) is 23.7 Å². The van der Waals surface area contributed by atoms with Gasteiger partial charge in [0.1, 0.15) is 10.6 Å². The topological polar surface area (TPSA) is 102 Å². The Balaban J connectivity index is 1.58. The number of nitrogens with one attached hydrogen (secondary N) is 1. The van der Waals surface area contributed by atoms with Crippen molar-refractivity contribution in [1.82, 2.24) is 24.6 Å². The first-order valence-corrected chi connectivity index (χ1v) is 11.7. The first kappa shape index (κ1) is 23.7. The van der Waals surface area contributed by atoms with Crippen molar-refractivity contribution in [2.45, 2.75) is 32.0 Å². The average Bonchev–Trinajstić information content (AvgIpc) is 3.27. The summed E-state index contributed by atoms with van der Waals surface area (Å²) in [5.74, 6) is 1.19. The number of hydrogen-bond donors (Lipinski definition) is 1. The summed E-state index contributed by atoms with van der Waals surface area (Å²) in [6.45, 7) is 5.66. The second-order valence-electron chi connectivity index (χ2n) is 7.45. The highest BCUT2D eigenvalue weighted by atomic mass is 32.2. The van der Waals surface area contributed by atoms with Gasteiger partial charge in [0.25, 0.3) is 5.91 Å². The van der Waals surface area contributed by atoms with Crippen molar-refractivity contribution in [3.05, 3.63) is 46.2 Å². The smallest absolute Gasteiger partial charge is 0.265 e. The maximum absolute atomic E-state index is 12.4. The van der Waals surface area contributed by atoms with Crippen LogP contribution in [0.1, 0.15) is 39.8 Å². The van der Waals surface area contributed by atoms with Crippen LogP contribution in [0.2, 0.25) is 0 Å². The lowest BCUT2D eigenvalue weighted by Gasteiger charge is -2.14. The minimum absolute atomic E-state index is 0.134. The molecule has 2 amide bonds. The maximum Gasteiger partial charge on any atom is 0.265 e. The lowest BCUT2D eigenvalue weighted by Crippen LogP contribution is -2.21. The van der Waals surface area contributed by atoms with Gasteiger partial charge in [0, 0.05) is 21.1 Å². The predicted octanol–water partition coefficient (Wildman–Crippen LogP) is 3.46. The zero-order valence-electron chi connectivity index (χ0n) is 18.9. The van der Waals surface area contributed by atoms with Gasteiger partial charge < -0.3 is 19.5 Å². The zero-order valence-corrected chi connectivity index (χ0v) is 20.5. The lowest BCUT2D eigenvalue weighted by molar-refractivity contribution is -0.113. The molecule has 0 bridgehead atoms. The zero-order chi connectivity index (χ0) is 23.4. The number of carbonyl (C=O) groups excluding carboxylic acids is 2. The summed E-state index contributed by atoms with van der Waals surface area (Å²) < 4.78 is 7.80. The van der Waals surface area contributed by atoms with E-state index in [4.69, 9.17) is 4.74 Å². The monoisotopic (exact) mass is 474 g/mol. The van der Waals surface area contributed by atoms with Crippen molar-refractivity contribution in [2.24, 2.45) is 7.05 Å². The van der Waals surface area contributed by atoms with Gasteiger partial charge in [-0.3, -0.25) is 9.59 Å². The summed E-state index contributed by atoms with van der Waals surface area (Å²) >= 11 is 2.43. The molecular weight excluding hydrogens is 448 g/mol. The fourth-order valence-electron chi connectivity index (χ4n) is 2.89. The van der Waals surface area contributed by atoms with Crippen LogP contribution in [-0.4, -0.2) is 56.3 Å². The third-order valence-electron chi connectivity index (χ3n) is 4.51. The molecule has 2 aromatic heterocycles. The molecule has 1 N–H and O–H groups in total. The highest BCUT2D eigenvalue weighted by Crippen LogP contribution is 2.26. The first-order chi connectivity index (χ1) is 15.2. The maximum atomic E-state index is 12.4. The second kappa shape index (κ2) is 10.1. The number of hydrogen-bond acceptors (Lipinski definition) is 8. The van der Waals surface area contributed by atoms with E-state index in [0.717, 1.165) is 11.3 Å². The van der Waals surface area contributed by atoms with Crippen LogP contribution in [-0.2, 0) is 11.8 Å². The van der Waals surface area contributed by atoms with E-state index in [1.165, 1.54) is 28.0 Å². The van der Waals surface area contributed by atoms with Gasteiger partial charge in [-0.05, 0) is 38.5 Å². The van der Waals surface area contributed by atoms with Crippen molar-refractivity contribution in [1.29, 1.82) is 0 Å². The van der Waals surface area contributed by atoms with Crippen molar-refractivity contribution in [3.63, 3.8) is 0 Å². The Morgan fingerprint density at radius 1 is 1.28 bits per heavy atom. The Morgan fingerprint density at radius 3 is 2.72 bits per heavy atom. The van der Waals surface area contributed by atoms with Gasteiger partial charge in [-0.1, -0.05) is 35.2 Å². The van der Waals surface area contributed by atoms with Crippen molar-refractivity contribution >= 4 is 40.0 Å². The molecule has 3 aromatic rings. The molecule has 1 unspecified atom stereocenters. The molecule has 0 saturated heterocycles. The number of thiazole rings is 1. The third kappa shape index (κ3) is 5.65. The van der Waals surface area contributed by atoms with Crippen LogP contribution < -0.4 is 10.1 Å². The van der Waals surface area contributed by atoms with Gasteiger partial charge in [0.2, 0.25) is 5.91 Å². The highest BCUT2D eigenvalue weighted by Gasteiger charge is 2.20. The van der Waals surface area contributed by atoms with E-state index in [2.05, 4.69) is 20.5 Å². The van der Waals surface area contributed by atoms with Gasteiger partial charge in [0.15, 0.2) is 22.2 Å². The standard InChI is InChI=1S/C21H26N6O3S2/c1-12-8-7-9-15(10-12)30-14(3)18-24-25-21(27(18)6)31-11-16(28)23-20-22-13(2)17(32-20)19(29)26(4)5/h7-10,14H,11H2,1-6H3,(H,22,23,28). The Bertz CT molecular complexity index is 1120. The lowest BCUT2D eigenvalue weighted by atomic mass is 10.2. The molecule has 0 aliphatic rings. The van der Waals surface area contributed by atoms with E-state index in [0.29, 0.717) is 26.7 Å². The molecular formula is C21H26N6O3S2. The van der Waals surface area contributed by atoms with E-state index in [1.54, 1.807) is 21.0 Å². The second-order valence-corrected chi connectivity index (χ2v) is 9.39. The number of aryl methyl sites for hydroxylation is 2. The highest BCUT2D eigenvalue weighted by molar-refractivity contribution is 7.99. The summed E-state index contributed by atoms with van der Waals surface area (Å²) in [5, 5.41) is 12.2. The Morgan fingerprint density at radius 2 is 2.03 bits per heavy atom. The molecule has 2 heterocycles. The number of ether oxygens (including phenoxy) is 1. The van der Waals surface area contributed by atoms with E-state index in [9.17, 15) is 9.59 Å². The van der Waals surface area contributed by atoms with E-state index < -0.39 is 0 Å². The minimum atomic E-state index is -0.302. The largest absolute Gasteiger partial charge is 0.483 e. The Hall–Kier alpha value is -2.92. The molecule has 1 atom stereocenters. The number of carbonyl (C=O) groups is 2. The van der Waals surface area contributed by atoms with E-state index in [1.807, 2.05) is 49.7 Å². The Kier molecular flexibility index (Phi) is 7.52. The summed E-state index contributed by atoms with van der Waals surface area (Å²) in [6, 6.07) is 7.81. The molecule has 32 heavy (non-hydrogen) atoms. The molecule has 3 rings (SSSR count). The fraction of sp³-hybridized carbons (Fsp3) is 0.381. The molecule has 0 aliphatic carbocycles. The average molecular weight is 475 g/mol.